The van der Waals surface area contributed by atoms with Crippen LogP contribution < -0.4 is 5.19 Å². The Hall–Kier alpha value is -0.643. The van der Waals surface area contributed by atoms with E-state index in [4.69, 9.17) is 8.85 Å². The minimum Gasteiger partial charge on any atom is -0.393 e. The fourth-order valence-corrected chi connectivity index (χ4v) is 3.94. The molecule has 0 aliphatic heterocycles. The van der Waals surface area contributed by atoms with Crippen LogP contribution in [0.3, 0.4) is 0 Å². The maximum atomic E-state index is 5.47. The van der Waals surface area contributed by atoms with Gasteiger partial charge in [-0.15, -0.1) is 0 Å². The lowest BCUT2D eigenvalue weighted by atomic mass is 9.98. The normalized spacial score (nSPS) is 17.2. The van der Waals surface area contributed by atoms with Crippen LogP contribution in [0.2, 0.25) is 0 Å². The lowest BCUT2D eigenvalue weighted by Crippen LogP contribution is -2.37. The van der Waals surface area contributed by atoms with Crippen LogP contribution in [0.1, 0.15) is 37.2 Å². The third kappa shape index (κ3) is 2.37. The summed E-state index contributed by atoms with van der Waals surface area (Å²) in [6.07, 6.45) is 5.36. The van der Waals surface area contributed by atoms with Crippen molar-refractivity contribution in [3.8, 4) is 0 Å². The van der Waals surface area contributed by atoms with Crippen LogP contribution in [0.25, 0.3) is 0 Å². The Morgan fingerprint density at radius 1 is 1.06 bits per heavy atom. The van der Waals surface area contributed by atoms with Crippen LogP contribution in [-0.2, 0) is 8.85 Å². The Labute approximate surface area is 99.4 Å². The molecule has 1 radical (unpaired) electrons. The van der Waals surface area contributed by atoms with Crippen molar-refractivity contribution >= 4 is 14.5 Å². The summed E-state index contributed by atoms with van der Waals surface area (Å²) < 4.78 is 10.9. The second-order valence-electron chi connectivity index (χ2n) is 4.26. The predicted molar refractivity (Wildman–Crippen MR) is 67.1 cm³/mol. The third-order valence-corrected chi connectivity index (χ3v) is 4.98. The molecule has 2 nitrogen and oxygen atoms in total. The molecule has 1 aromatic rings. The number of hydrogen-bond acceptors (Lipinski definition) is 2. The largest absolute Gasteiger partial charge is 0.423 e. The zero-order valence-corrected chi connectivity index (χ0v) is 11.0. The summed E-state index contributed by atoms with van der Waals surface area (Å²) >= 11 is 0. The maximum Gasteiger partial charge on any atom is 0.423 e. The van der Waals surface area contributed by atoms with Gasteiger partial charge in [-0.3, -0.25) is 0 Å². The highest BCUT2D eigenvalue weighted by Crippen LogP contribution is 2.33. The van der Waals surface area contributed by atoms with E-state index < -0.39 is 9.28 Å². The van der Waals surface area contributed by atoms with Crippen molar-refractivity contribution in [3.05, 3.63) is 29.8 Å². The standard InChI is InChI=1S/C13H19O2Si/c1-14-16(15-2)13-10-6-5-9-12(13)11-7-3-4-8-11/h5-6,9-11H,3-4,7-8H2,1-2H3. The molecule has 0 aromatic heterocycles. The van der Waals surface area contributed by atoms with Crippen LogP contribution >= 0.6 is 0 Å². The predicted octanol–water partition coefficient (Wildman–Crippen LogP) is 2.33. The monoisotopic (exact) mass is 235 g/mol. The zero-order valence-electron chi connectivity index (χ0n) is 10.0. The van der Waals surface area contributed by atoms with Crippen molar-refractivity contribution in [2.45, 2.75) is 31.6 Å². The molecule has 0 bridgehead atoms. The molecular formula is C13H19O2Si. The first kappa shape index (κ1) is 11.8. The van der Waals surface area contributed by atoms with E-state index in [1.54, 1.807) is 14.2 Å². The minimum absolute atomic E-state index is 0.724. The molecule has 16 heavy (non-hydrogen) atoms. The van der Waals surface area contributed by atoms with Gasteiger partial charge in [0.05, 0.1) is 0 Å². The molecule has 0 amide bonds. The molecule has 1 aliphatic carbocycles. The van der Waals surface area contributed by atoms with Gasteiger partial charge in [-0.1, -0.05) is 37.1 Å². The molecule has 0 saturated heterocycles. The fraction of sp³-hybridized carbons (Fsp3) is 0.538. The molecule has 0 unspecified atom stereocenters. The average molecular weight is 235 g/mol. The summed E-state index contributed by atoms with van der Waals surface area (Å²) in [6, 6.07) is 8.61. The number of benzene rings is 1. The number of hydrogen-bond donors (Lipinski definition) is 0. The van der Waals surface area contributed by atoms with Crippen molar-refractivity contribution in [3.63, 3.8) is 0 Å². The van der Waals surface area contributed by atoms with E-state index in [1.165, 1.54) is 36.4 Å². The van der Waals surface area contributed by atoms with Gasteiger partial charge in [0.1, 0.15) is 0 Å². The van der Waals surface area contributed by atoms with E-state index >= 15 is 0 Å². The molecule has 1 aromatic carbocycles. The summed E-state index contributed by atoms with van der Waals surface area (Å²) in [6.45, 7) is 0. The van der Waals surface area contributed by atoms with Crippen molar-refractivity contribution < 1.29 is 8.85 Å². The van der Waals surface area contributed by atoms with Gasteiger partial charge in [-0.2, -0.15) is 0 Å². The third-order valence-electron chi connectivity index (χ3n) is 3.35. The second kappa shape index (κ2) is 5.62. The molecule has 1 aliphatic rings. The van der Waals surface area contributed by atoms with Gasteiger partial charge in [0.15, 0.2) is 0 Å². The molecule has 1 saturated carbocycles. The van der Waals surface area contributed by atoms with Crippen LogP contribution in [0.15, 0.2) is 24.3 Å². The molecule has 1 fully saturated rings. The quantitative estimate of drug-likeness (QED) is 0.746. The Morgan fingerprint density at radius 2 is 1.69 bits per heavy atom. The Morgan fingerprint density at radius 3 is 2.31 bits per heavy atom. The van der Waals surface area contributed by atoms with E-state index in [2.05, 4.69) is 24.3 Å². The summed E-state index contributed by atoms with van der Waals surface area (Å²) in [5.74, 6) is 0.724. The molecule has 0 spiro atoms. The SMILES string of the molecule is CO[Si](OC)c1ccccc1C1CCCC1. The van der Waals surface area contributed by atoms with Gasteiger partial charge >= 0.3 is 9.28 Å². The second-order valence-corrected chi connectivity index (χ2v) is 6.19. The number of rotatable bonds is 4. The lowest BCUT2D eigenvalue weighted by Gasteiger charge is -2.18. The van der Waals surface area contributed by atoms with Crippen molar-refractivity contribution in [2.24, 2.45) is 0 Å². The molecule has 2 rings (SSSR count). The molecule has 3 heteroatoms. The highest BCUT2D eigenvalue weighted by atomic mass is 28.3. The first-order valence-electron chi connectivity index (χ1n) is 5.91. The van der Waals surface area contributed by atoms with E-state index in [0.29, 0.717) is 0 Å². The Kier molecular flexibility index (Phi) is 4.15. The van der Waals surface area contributed by atoms with Gasteiger partial charge in [0.25, 0.3) is 0 Å². The van der Waals surface area contributed by atoms with E-state index in [9.17, 15) is 0 Å². The highest BCUT2D eigenvalue weighted by molar-refractivity contribution is 6.61. The average Bonchev–Trinajstić information content (AvgIpc) is 2.85. The Bertz CT molecular complexity index is 309. The smallest absolute Gasteiger partial charge is 0.393 e. The van der Waals surface area contributed by atoms with Crippen LogP contribution in [0.5, 0.6) is 0 Å². The van der Waals surface area contributed by atoms with Crippen molar-refractivity contribution in [1.82, 2.24) is 0 Å². The van der Waals surface area contributed by atoms with E-state index in [1.807, 2.05) is 0 Å². The van der Waals surface area contributed by atoms with Crippen molar-refractivity contribution in [1.29, 1.82) is 0 Å². The maximum absolute atomic E-state index is 5.47. The van der Waals surface area contributed by atoms with E-state index in [-0.39, 0.29) is 0 Å². The summed E-state index contributed by atoms with van der Waals surface area (Å²) in [7, 11) is 2.21. The zero-order chi connectivity index (χ0) is 11.4. The van der Waals surface area contributed by atoms with Gasteiger partial charge in [-0.05, 0) is 29.5 Å². The summed E-state index contributed by atoms with van der Waals surface area (Å²) in [5.41, 5.74) is 1.46. The van der Waals surface area contributed by atoms with Gasteiger partial charge in [-0.25, -0.2) is 0 Å². The van der Waals surface area contributed by atoms with Gasteiger partial charge < -0.3 is 8.85 Å². The molecule has 87 valence electrons. The first-order chi connectivity index (χ1) is 7.86. The first-order valence-corrected chi connectivity index (χ1v) is 7.22. The fourth-order valence-electron chi connectivity index (χ4n) is 2.58. The van der Waals surface area contributed by atoms with E-state index in [0.717, 1.165) is 5.92 Å². The van der Waals surface area contributed by atoms with Crippen LogP contribution in [0, 0.1) is 0 Å². The molecular weight excluding hydrogens is 216 g/mol. The van der Waals surface area contributed by atoms with Gasteiger partial charge in [0, 0.05) is 14.2 Å². The summed E-state index contributed by atoms with van der Waals surface area (Å²) in [4.78, 5) is 0. The minimum atomic E-state index is -1.27. The lowest BCUT2D eigenvalue weighted by molar-refractivity contribution is 0.291. The topological polar surface area (TPSA) is 18.5 Å². The van der Waals surface area contributed by atoms with Gasteiger partial charge in [0.2, 0.25) is 0 Å². The molecule has 0 heterocycles. The van der Waals surface area contributed by atoms with Crippen LogP contribution in [0.4, 0.5) is 0 Å². The molecule has 0 atom stereocenters. The Balaban J connectivity index is 2.28. The summed E-state index contributed by atoms with van der Waals surface area (Å²) in [5, 5.41) is 1.30. The van der Waals surface area contributed by atoms with Crippen LogP contribution in [-0.4, -0.2) is 23.5 Å². The van der Waals surface area contributed by atoms with Crippen molar-refractivity contribution in [2.75, 3.05) is 14.2 Å². The molecule has 0 N–H and O–H groups in total. The highest BCUT2D eigenvalue weighted by Gasteiger charge is 2.25.